The van der Waals surface area contributed by atoms with Crippen LogP contribution in [0.5, 0.6) is 0 Å². The first-order chi connectivity index (χ1) is 6.50. The zero-order valence-electron chi connectivity index (χ0n) is 9.25. The lowest BCUT2D eigenvalue weighted by atomic mass is 10.0. The van der Waals surface area contributed by atoms with E-state index in [-0.39, 0.29) is 24.2 Å². The van der Waals surface area contributed by atoms with Gasteiger partial charge in [0.1, 0.15) is 0 Å². The van der Waals surface area contributed by atoms with Crippen molar-refractivity contribution in [2.24, 2.45) is 5.92 Å². The van der Waals surface area contributed by atoms with E-state index >= 15 is 0 Å². The number of amides is 1. The van der Waals surface area contributed by atoms with Crippen molar-refractivity contribution in [3.05, 3.63) is 0 Å². The Bertz CT molecular complexity index is 235. The second-order valence-electron chi connectivity index (χ2n) is 4.56. The van der Waals surface area contributed by atoms with Crippen molar-refractivity contribution < 1.29 is 9.59 Å². The summed E-state index contributed by atoms with van der Waals surface area (Å²) in [5, 5.41) is 0. The summed E-state index contributed by atoms with van der Waals surface area (Å²) >= 11 is 0. The van der Waals surface area contributed by atoms with Crippen LogP contribution in [0, 0.1) is 5.92 Å². The average molecular weight is 197 g/mol. The van der Waals surface area contributed by atoms with E-state index in [4.69, 9.17) is 0 Å². The van der Waals surface area contributed by atoms with E-state index in [1.807, 2.05) is 6.92 Å². The van der Waals surface area contributed by atoms with Gasteiger partial charge in [-0.15, -0.1) is 0 Å². The highest BCUT2D eigenvalue weighted by Gasteiger charge is 2.30. The summed E-state index contributed by atoms with van der Waals surface area (Å²) in [6.45, 7) is 6.70. The van der Waals surface area contributed by atoms with Crippen molar-refractivity contribution in [3.8, 4) is 0 Å². The number of Topliss-reactive ketones (excluding diaryl/α,β-unsaturated/α-hetero) is 1. The van der Waals surface area contributed by atoms with E-state index in [2.05, 4.69) is 13.8 Å². The molecular weight excluding hydrogens is 178 g/mol. The normalized spacial score (nSPS) is 19.6. The maximum absolute atomic E-state index is 11.4. The van der Waals surface area contributed by atoms with Gasteiger partial charge in [0, 0.05) is 6.04 Å². The Morgan fingerprint density at radius 1 is 1.21 bits per heavy atom. The molecule has 0 aromatic heterocycles. The molecule has 0 radical (unpaired) electrons. The van der Waals surface area contributed by atoms with Crippen molar-refractivity contribution in [2.75, 3.05) is 6.54 Å². The van der Waals surface area contributed by atoms with Crippen molar-refractivity contribution in [3.63, 3.8) is 0 Å². The van der Waals surface area contributed by atoms with Gasteiger partial charge in [-0.2, -0.15) is 0 Å². The SMILES string of the molecule is CC(C)CCC(C)N1CC(=O)CC1=O. The third-order valence-corrected chi connectivity index (χ3v) is 2.71. The Morgan fingerprint density at radius 3 is 2.29 bits per heavy atom. The van der Waals surface area contributed by atoms with Crippen LogP contribution in [-0.4, -0.2) is 29.2 Å². The number of nitrogens with zero attached hydrogens (tertiary/aromatic N) is 1. The van der Waals surface area contributed by atoms with Gasteiger partial charge in [0.2, 0.25) is 5.91 Å². The van der Waals surface area contributed by atoms with Gasteiger partial charge in [-0.3, -0.25) is 9.59 Å². The van der Waals surface area contributed by atoms with E-state index in [0.29, 0.717) is 12.5 Å². The van der Waals surface area contributed by atoms with E-state index in [0.717, 1.165) is 12.8 Å². The molecule has 1 aliphatic heterocycles. The molecule has 1 fully saturated rings. The summed E-state index contributed by atoms with van der Waals surface area (Å²) in [5.41, 5.74) is 0. The first kappa shape index (κ1) is 11.2. The quantitative estimate of drug-likeness (QED) is 0.642. The van der Waals surface area contributed by atoms with Gasteiger partial charge in [-0.25, -0.2) is 0 Å². The van der Waals surface area contributed by atoms with Gasteiger partial charge in [-0.05, 0) is 25.7 Å². The predicted molar refractivity (Wildman–Crippen MR) is 54.9 cm³/mol. The predicted octanol–water partition coefficient (Wildman–Crippen LogP) is 1.61. The van der Waals surface area contributed by atoms with Crippen LogP contribution in [0.4, 0.5) is 0 Å². The fourth-order valence-corrected chi connectivity index (χ4v) is 1.74. The highest BCUT2D eigenvalue weighted by atomic mass is 16.2. The molecule has 14 heavy (non-hydrogen) atoms. The minimum atomic E-state index is 0.00579. The molecule has 3 nitrogen and oxygen atoms in total. The third kappa shape index (κ3) is 2.82. The molecule has 0 aliphatic carbocycles. The molecule has 1 aliphatic rings. The molecule has 0 saturated carbocycles. The first-order valence-corrected chi connectivity index (χ1v) is 5.32. The van der Waals surface area contributed by atoms with Gasteiger partial charge >= 0.3 is 0 Å². The van der Waals surface area contributed by atoms with Gasteiger partial charge in [0.05, 0.1) is 13.0 Å². The lowest BCUT2D eigenvalue weighted by Gasteiger charge is -2.23. The summed E-state index contributed by atoms with van der Waals surface area (Å²) < 4.78 is 0. The van der Waals surface area contributed by atoms with Crippen LogP contribution in [0.3, 0.4) is 0 Å². The van der Waals surface area contributed by atoms with E-state index in [1.165, 1.54) is 0 Å². The summed E-state index contributed by atoms with van der Waals surface area (Å²) in [4.78, 5) is 24.1. The van der Waals surface area contributed by atoms with Crippen molar-refractivity contribution in [2.45, 2.75) is 46.1 Å². The van der Waals surface area contributed by atoms with Crippen LogP contribution in [0.15, 0.2) is 0 Å². The van der Waals surface area contributed by atoms with Gasteiger partial charge < -0.3 is 4.90 Å². The molecule has 0 N–H and O–H groups in total. The standard InChI is InChI=1S/C11H19NO2/c1-8(2)4-5-9(3)12-7-10(13)6-11(12)14/h8-9H,4-7H2,1-3H3. The zero-order chi connectivity index (χ0) is 10.7. The van der Waals surface area contributed by atoms with Gasteiger partial charge in [0.15, 0.2) is 5.78 Å². The smallest absolute Gasteiger partial charge is 0.230 e. The molecule has 1 rings (SSSR count). The van der Waals surface area contributed by atoms with Crippen molar-refractivity contribution >= 4 is 11.7 Å². The van der Waals surface area contributed by atoms with Crippen LogP contribution in [0.2, 0.25) is 0 Å². The molecule has 0 bridgehead atoms. The minimum absolute atomic E-state index is 0.00579. The second-order valence-corrected chi connectivity index (χ2v) is 4.56. The highest BCUT2D eigenvalue weighted by molar-refractivity contribution is 6.05. The van der Waals surface area contributed by atoms with E-state index < -0.39 is 0 Å². The number of carbonyl (C=O) groups excluding carboxylic acids is 2. The number of rotatable bonds is 4. The van der Waals surface area contributed by atoms with Gasteiger partial charge in [0.25, 0.3) is 0 Å². The zero-order valence-corrected chi connectivity index (χ0v) is 9.25. The molecule has 1 amide bonds. The first-order valence-electron chi connectivity index (χ1n) is 5.32. The Kier molecular flexibility index (Phi) is 3.67. The fourth-order valence-electron chi connectivity index (χ4n) is 1.74. The van der Waals surface area contributed by atoms with Crippen LogP contribution in [-0.2, 0) is 9.59 Å². The van der Waals surface area contributed by atoms with Crippen LogP contribution in [0.25, 0.3) is 0 Å². The molecule has 1 atom stereocenters. The van der Waals surface area contributed by atoms with Crippen LogP contribution >= 0.6 is 0 Å². The number of likely N-dealkylation sites (tertiary alicyclic amines) is 1. The molecule has 1 heterocycles. The average Bonchev–Trinajstić information content (AvgIpc) is 2.41. The molecule has 1 saturated heterocycles. The monoisotopic (exact) mass is 197 g/mol. The number of hydrogen-bond acceptors (Lipinski definition) is 2. The number of ketones is 1. The van der Waals surface area contributed by atoms with Crippen LogP contribution < -0.4 is 0 Å². The molecule has 80 valence electrons. The van der Waals surface area contributed by atoms with E-state index in [9.17, 15) is 9.59 Å². The Hall–Kier alpha value is -0.860. The highest BCUT2D eigenvalue weighted by Crippen LogP contribution is 2.16. The summed E-state index contributed by atoms with van der Waals surface area (Å²) in [7, 11) is 0. The molecule has 0 spiro atoms. The van der Waals surface area contributed by atoms with Gasteiger partial charge in [-0.1, -0.05) is 13.8 Å². The maximum atomic E-state index is 11.4. The Morgan fingerprint density at radius 2 is 1.86 bits per heavy atom. The van der Waals surface area contributed by atoms with Crippen LogP contribution in [0.1, 0.15) is 40.0 Å². The molecule has 0 aromatic rings. The lowest BCUT2D eigenvalue weighted by Crippen LogP contribution is -2.34. The minimum Gasteiger partial charge on any atom is -0.332 e. The Balaban J connectivity index is 2.40. The van der Waals surface area contributed by atoms with Crippen molar-refractivity contribution in [1.82, 2.24) is 4.90 Å². The molecule has 3 heteroatoms. The van der Waals surface area contributed by atoms with Crippen molar-refractivity contribution in [1.29, 1.82) is 0 Å². The largest absolute Gasteiger partial charge is 0.332 e. The molecule has 1 unspecified atom stereocenters. The number of hydrogen-bond donors (Lipinski definition) is 0. The summed E-state index contributed by atoms with van der Waals surface area (Å²) in [6.07, 6.45) is 2.22. The summed E-state index contributed by atoms with van der Waals surface area (Å²) in [6, 6.07) is 0.219. The Labute approximate surface area is 85.5 Å². The lowest BCUT2D eigenvalue weighted by molar-refractivity contribution is -0.129. The number of carbonyl (C=O) groups is 2. The van der Waals surface area contributed by atoms with E-state index in [1.54, 1.807) is 4.90 Å². The maximum Gasteiger partial charge on any atom is 0.230 e. The topological polar surface area (TPSA) is 37.4 Å². The fraction of sp³-hybridized carbons (Fsp3) is 0.818. The summed E-state index contributed by atoms with van der Waals surface area (Å²) in [5.74, 6) is 0.725. The third-order valence-electron chi connectivity index (χ3n) is 2.71. The molecular formula is C11H19NO2. The molecule has 0 aromatic carbocycles. The second kappa shape index (κ2) is 4.58.